The lowest BCUT2D eigenvalue weighted by atomic mass is 10.1. The first-order valence-corrected chi connectivity index (χ1v) is 8.27. The summed E-state index contributed by atoms with van der Waals surface area (Å²) in [5, 5.41) is 9.53. The van der Waals surface area contributed by atoms with Crippen molar-refractivity contribution in [3.63, 3.8) is 0 Å². The lowest BCUT2D eigenvalue weighted by molar-refractivity contribution is 0.0691. The number of fused-ring (bicyclic) bond motifs is 1. The summed E-state index contributed by atoms with van der Waals surface area (Å²) in [4.78, 5) is 32.0. The molecule has 0 unspecified atom stereocenters. The van der Waals surface area contributed by atoms with Gasteiger partial charge in [-0.05, 0) is 12.1 Å². The van der Waals surface area contributed by atoms with Crippen molar-refractivity contribution in [2.75, 3.05) is 7.11 Å². The molecule has 3 aromatic rings. The number of methoxy groups -OCH3 is 1. The summed E-state index contributed by atoms with van der Waals surface area (Å²) in [5.74, 6) is -1.43. The molecular weight excluding hydrogens is 405 g/mol. The molecule has 10 heteroatoms. The number of ketones is 1. The molecule has 3 aromatic heterocycles. The van der Waals surface area contributed by atoms with Gasteiger partial charge in [0, 0.05) is 24.4 Å². The fourth-order valence-electron chi connectivity index (χ4n) is 2.46. The highest BCUT2D eigenvalue weighted by molar-refractivity contribution is 6.36. The molecule has 3 rings (SSSR count). The van der Waals surface area contributed by atoms with Crippen LogP contribution in [0.1, 0.15) is 26.5 Å². The summed E-state index contributed by atoms with van der Waals surface area (Å²) in [6, 6.07) is 2.98. The van der Waals surface area contributed by atoms with Gasteiger partial charge < -0.3 is 9.84 Å². The quantitative estimate of drug-likeness (QED) is 0.638. The highest BCUT2D eigenvalue weighted by Gasteiger charge is 2.24. The number of nitrogens with zero attached hydrogens (tertiary/aromatic N) is 3. The van der Waals surface area contributed by atoms with Crippen LogP contribution in [0.5, 0.6) is 5.75 Å². The summed E-state index contributed by atoms with van der Waals surface area (Å²) in [7, 11) is 1.40. The van der Waals surface area contributed by atoms with E-state index >= 15 is 0 Å². The lowest BCUT2D eigenvalue weighted by Gasteiger charge is -2.10. The topological polar surface area (TPSA) is 93.8 Å². The van der Waals surface area contributed by atoms with Crippen molar-refractivity contribution in [1.29, 1.82) is 0 Å². The number of rotatable bonds is 5. The molecule has 0 fully saturated rings. The van der Waals surface area contributed by atoms with Crippen molar-refractivity contribution in [3.8, 4) is 5.75 Å². The fourth-order valence-corrected chi connectivity index (χ4v) is 3.25. The first-order valence-electron chi connectivity index (χ1n) is 7.14. The Morgan fingerprint density at radius 1 is 1.19 bits per heavy atom. The predicted octanol–water partition coefficient (Wildman–Crippen LogP) is 3.82. The molecule has 0 aliphatic rings. The number of aromatic nitrogens is 3. The molecule has 0 amide bonds. The molecule has 3 heterocycles. The number of hydrogen-bond acceptors (Lipinski definition) is 5. The Morgan fingerprint density at radius 3 is 2.42 bits per heavy atom. The van der Waals surface area contributed by atoms with Crippen LogP contribution in [-0.2, 0) is 6.42 Å². The van der Waals surface area contributed by atoms with Gasteiger partial charge in [0.2, 0.25) is 0 Å². The molecule has 1 N–H and O–H groups in total. The molecule has 134 valence electrons. The summed E-state index contributed by atoms with van der Waals surface area (Å²) >= 11 is 18.3. The minimum absolute atomic E-state index is 0.118. The summed E-state index contributed by atoms with van der Waals surface area (Å²) in [5.41, 5.74) is 0.264. The van der Waals surface area contributed by atoms with Crippen molar-refractivity contribution in [1.82, 2.24) is 14.4 Å². The smallest absolute Gasteiger partial charge is 0.357 e. The van der Waals surface area contributed by atoms with Crippen LogP contribution in [-0.4, -0.2) is 38.3 Å². The second kappa shape index (κ2) is 7.11. The van der Waals surface area contributed by atoms with Gasteiger partial charge in [-0.15, -0.1) is 0 Å². The molecule has 0 radical (unpaired) electrons. The van der Waals surface area contributed by atoms with E-state index in [4.69, 9.17) is 39.5 Å². The number of ether oxygens (including phenoxy) is 1. The Kier molecular flexibility index (Phi) is 5.04. The van der Waals surface area contributed by atoms with Crippen LogP contribution in [0, 0.1) is 0 Å². The lowest BCUT2D eigenvalue weighted by Crippen LogP contribution is -2.11. The largest absolute Gasteiger partial charge is 0.493 e. The van der Waals surface area contributed by atoms with E-state index in [1.54, 1.807) is 0 Å². The highest BCUT2D eigenvalue weighted by Crippen LogP contribution is 2.29. The van der Waals surface area contributed by atoms with E-state index in [1.807, 2.05) is 0 Å². The Morgan fingerprint density at radius 2 is 1.85 bits per heavy atom. The first-order chi connectivity index (χ1) is 12.3. The van der Waals surface area contributed by atoms with Crippen molar-refractivity contribution in [2.45, 2.75) is 6.42 Å². The molecule has 0 saturated carbocycles. The standard InChI is InChI=1S/C16H10Cl3N3O4/c1-26-12-3-2-10(22-14(19)13(16(24)25)21-15(12)22)11(23)4-7-8(17)5-20-6-9(7)18/h2-3,5-6H,4H2,1H3,(H,24,25). The maximum Gasteiger partial charge on any atom is 0.357 e. The van der Waals surface area contributed by atoms with Crippen molar-refractivity contribution in [3.05, 3.63) is 56.7 Å². The van der Waals surface area contributed by atoms with E-state index in [2.05, 4.69) is 9.97 Å². The van der Waals surface area contributed by atoms with Gasteiger partial charge in [-0.1, -0.05) is 34.8 Å². The summed E-state index contributed by atoms with van der Waals surface area (Å²) < 4.78 is 6.40. The zero-order chi connectivity index (χ0) is 19.0. The zero-order valence-electron chi connectivity index (χ0n) is 13.2. The number of carboxylic acid groups (broad SMARTS) is 1. The normalized spacial score (nSPS) is 10.9. The minimum Gasteiger partial charge on any atom is -0.493 e. The fraction of sp³-hybridized carbons (Fsp3) is 0.125. The average molecular weight is 415 g/mol. The van der Waals surface area contributed by atoms with Gasteiger partial charge in [-0.25, -0.2) is 9.78 Å². The Balaban J connectivity index is 2.16. The SMILES string of the molecule is COc1ccc(C(=O)Cc2c(Cl)cncc2Cl)n2c(Cl)c(C(=O)O)nc12. The predicted molar refractivity (Wildman–Crippen MR) is 96.0 cm³/mol. The monoisotopic (exact) mass is 413 g/mol. The molecule has 0 atom stereocenters. The Bertz CT molecular complexity index is 1030. The van der Waals surface area contributed by atoms with Gasteiger partial charge in [-0.3, -0.25) is 14.2 Å². The molecule has 0 spiro atoms. The third kappa shape index (κ3) is 3.09. The molecule has 0 bridgehead atoms. The number of carbonyl (C=O) groups is 2. The van der Waals surface area contributed by atoms with Crippen LogP contribution in [0.3, 0.4) is 0 Å². The van der Waals surface area contributed by atoms with E-state index < -0.39 is 5.97 Å². The van der Waals surface area contributed by atoms with Gasteiger partial charge in [0.15, 0.2) is 22.9 Å². The Labute approximate surface area is 162 Å². The van der Waals surface area contributed by atoms with E-state index in [9.17, 15) is 14.7 Å². The molecule has 0 aromatic carbocycles. The van der Waals surface area contributed by atoms with E-state index in [1.165, 1.54) is 36.0 Å². The van der Waals surface area contributed by atoms with Crippen molar-refractivity contribution < 1.29 is 19.4 Å². The minimum atomic E-state index is -1.32. The zero-order valence-corrected chi connectivity index (χ0v) is 15.4. The van der Waals surface area contributed by atoms with Gasteiger partial charge in [0.25, 0.3) is 0 Å². The van der Waals surface area contributed by atoms with Gasteiger partial charge in [-0.2, -0.15) is 0 Å². The number of carbonyl (C=O) groups excluding carboxylic acids is 1. The van der Waals surface area contributed by atoms with Crippen LogP contribution >= 0.6 is 34.8 Å². The summed E-state index contributed by atoms with van der Waals surface area (Å²) in [6.45, 7) is 0. The number of halogens is 3. The van der Waals surface area contributed by atoms with Crippen LogP contribution < -0.4 is 4.74 Å². The van der Waals surface area contributed by atoms with Gasteiger partial charge in [0.1, 0.15) is 5.15 Å². The van der Waals surface area contributed by atoms with Crippen LogP contribution in [0.25, 0.3) is 5.65 Å². The number of aromatic carboxylic acids is 1. The molecule has 26 heavy (non-hydrogen) atoms. The van der Waals surface area contributed by atoms with Gasteiger partial charge >= 0.3 is 5.97 Å². The first kappa shape index (κ1) is 18.4. The molecule has 0 saturated heterocycles. The average Bonchev–Trinajstić information content (AvgIpc) is 2.95. The third-order valence-electron chi connectivity index (χ3n) is 3.67. The maximum absolute atomic E-state index is 12.8. The van der Waals surface area contributed by atoms with E-state index in [0.29, 0.717) is 5.56 Å². The van der Waals surface area contributed by atoms with Crippen LogP contribution in [0.2, 0.25) is 15.2 Å². The third-order valence-corrected chi connectivity index (χ3v) is 4.67. The molecule has 0 aliphatic carbocycles. The number of imidazole rings is 1. The molecular formula is C16H10Cl3N3O4. The van der Waals surface area contributed by atoms with E-state index in [0.717, 1.165) is 0 Å². The highest BCUT2D eigenvalue weighted by atomic mass is 35.5. The number of Topliss-reactive ketones (excluding diaryl/α,β-unsaturated/α-hetero) is 1. The maximum atomic E-state index is 12.8. The van der Waals surface area contributed by atoms with Crippen molar-refractivity contribution in [2.24, 2.45) is 0 Å². The summed E-state index contributed by atoms with van der Waals surface area (Å²) in [6.07, 6.45) is 2.64. The number of pyridine rings is 2. The van der Waals surface area contributed by atoms with Crippen molar-refractivity contribution >= 4 is 52.2 Å². The molecule has 7 nitrogen and oxygen atoms in total. The number of carboxylic acids is 1. The van der Waals surface area contributed by atoms with E-state index in [-0.39, 0.29) is 50.2 Å². The van der Waals surface area contributed by atoms with Crippen LogP contribution in [0.15, 0.2) is 24.5 Å². The molecule has 0 aliphatic heterocycles. The second-order valence-electron chi connectivity index (χ2n) is 5.18. The van der Waals surface area contributed by atoms with Gasteiger partial charge in [0.05, 0.1) is 22.8 Å². The Hall–Kier alpha value is -2.35. The second-order valence-corrected chi connectivity index (χ2v) is 6.36. The van der Waals surface area contributed by atoms with Crippen LogP contribution in [0.4, 0.5) is 0 Å². The number of hydrogen-bond donors (Lipinski definition) is 1.